The first kappa shape index (κ1) is 14.3. The van der Waals surface area contributed by atoms with E-state index in [9.17, 15) is 26.5 Å². The Bertz CT molecular complexity index is 377. The molecular formula is C8H12F2NO5S-. The molecule has 0 aromatic rings. The second-order valence-electron chi connectivity index (χ2n) is 3.72. The zero-order chi connectivity index (χ0) is 13.1. The molecule has 0 unspecified atom stereocenters. The lowest BCUT2D eigenvalue weighted by molar-refractivity contribution is -0.155. The summed E-state index contributed by atoms with van der Waals surface area (Å²) in [4.78, 5) is 11.3. The van der Waals surface area contributed by atoms with Gasteiger partial charge in [-0.1, -0.05) is 0 Å². The molecule has 1 fully saturated rings. The van der Waals surface area contributed by atoms with E-state index in [-0.39, 0.29) is 0 Å². The van der Waals surface area contributed by atoms with Crippen molar-refractivity contribution in [2.24, 2.45) is 5.92 Å². The van der Waals surface area contributed by atoms with Crippen molar-refractivity contribution in [2.45, 2.75) is 18.1 Å². The van der Waals surface area contributed by atoms with E-state index in [1.165, 1.54) is 0 Å². The van der Waals surface area contributed by atoms with Crippen molar-refractivity contribution >= 4 is 16.1 Å². The highest BCUT2D eigenvalue weighted by molar-refractivity contribution is 7.86. The van der Waals surface area contributed by atoms with Gasteiger partial charge in [0.15, 0.2) is 16.7 Å². The molecule has 0 aliphatic carbocycles. The number of esters is 1. The smallest absolute Gasteiger partial charge is 0.367 e. The number of piperidine rings is 1. The second kappa shape index (κ2) is 5.23. The predicted octanol–water partition coefficient (Wildman–Crippen LogP) is -0.333. The largest absolute Gasteiger partial charge is 0.743 e. The minimum atomic E-state index is -5.80. The lowest BCUT2D eigenvalue weighted by Gasteiger charge is -2.23. The van der Waals surface area contributed by atoms with Crippen LogP contribution in [0.25, 0.3) is 0 Å². The van der Waals surface area contributed by atoms with Crippen molar-refractivity contribution in [2.75, 3.05) is 19.7 Å². The molecule has 0 aromatic heterocycles. The number of nitrogens with one attached hydrogen (secondary N) is 1. The summed E-state index contributed by atoms with van der Waals surface area (Å²) in [5, 5.41) is -1.61. The van der Waals surface area contributed by atoms with Gasteiger partial charge in [0.2, 0.25) is 0 Å². The van der Waals surface area contributed by atoms with Gasteiger partial charge in [-0.25, -0.2) is 8.42 Å². The van der Waals surface area contributed by atoms with E-state index in [1.807, 2.05) is 0 Å². The molecule has 1 saturated heterocycles. The summed E-state index contributed by atoms with van der Waals surface area (Å²) in [6.07, 6.45) is 0.878. The van der Waals surface area contributed by atoms with E-state index >= 15 is 0 Å². The molecule has 1 rings (SSSR count). The molecule has 0 saturated carbocycles. The zero-order valence-corrected chi connectivity index (χ0v) is 9.63. The number of hydrogen-bond acceptors (Lipinski definition) is 6. The van der Waals surface area contributed by atoms with Crippen LogP contribution < -0.4 is 5.32 Å². The molecule has 17 heavy (non-hydrogen) atoms. The normalized spacial score (nSPS) is 19.0. The maximum absolute atomic E-state index is 12.7. The third-order valence-electron chi connectivity index (χ3n) is 2.42. The Morgan fingerprint density at radius 1 is 1.41 bits per heavy atom. The van der Waals surface area contributed by atoms with Crippen LogP contribution in [0, 0.1) is 5.92 Å². The average molecular weight is 272 g/mol. The number of rotatable bonds is 4. The van der Waals surface area contributed by atoms with Gasteiger partial charge in [-0.05, 0) is 25.9 Å². The average Bonchev–Trinajstić information content (AvgIpc) is 2.25. The highest BCUT2D eigenvalue weighted by atomic mass is 32.2. The number of carbonyl (C=O) groups is 1. The molecule has 9 heteroatoms. The Morgan fingerprint density at radius 3 is 2.41 bits per heavy atom. The van der Waals surface area contributed by atoms with Crippen LogP contribution in [0.5, 0.6) is 0 Å². The standard InChI is InChI=1S/C8H13F2NO5S/c9-8(10,17(13,14)15)5-16-7(12)6-1-3-11-4-2-6/h6,11H,1-5H2,(H,13,14,15)/p-1. The summed E-state index contributed by atoms with van der Waals surface area (Å²) >= 11 is 0. The van der Waals surface area contributed by atoms with Gasteiger partial charge in [0.1, 0.15) is 0 Å². The van der Waals surface area contributed by atoms with Gasteiger partial charge in [-0.15, -0.1) is 0 Å². The van der Waals surface area contributed by atoms with Gasteiger partial charge in [0, 0.05) is 0 Å². The molecule has 100 valence electrons. The van der Waals surface area contributed by atoms with Crippen molar-refractivity contribution in [3.63, 3.8) is 0 Å². The fraction of sp³-hybridized carbons (Fsp3) is 0.875. The minimum Gasteiger partial charge on any atom is -0.743 e. The molecule has 1 heterocycles. The van der Waals surface area contributed by atoms with E-state index in [2.05, 4.69) is 10.1 Å². The van der Waals surface area contributed by atoms with Gasteiger partial charge in [0.25, 0.3) is 0 Å². The lowest BCUT2D eigenvalue weighted by atomic mass is 9.99. The Labute approximate surface area is 97.1 Å². The quantitative estimate of drug-likeness (QED) is 0.556. The summed E-state index contributed by atoms with van der Waals surface area (Å²) in [5.41, 5.74) is 0. The van der Waals surface area contributed by atoms with Crippen LogP contribution in [-0.4, -0.2) is 43.9 Å². The van der Waals surface area contributed by atoms with Crippen molar-refractivity contribution in [1.82, 2.24) is 5.32 Å². The summed E-state index contributed by atoms with van der Waals surface area (Å²) < 4.78 is 59.9. The Balaban J connectivity index is 2.47. The summed E-state index contributed by atoms with van der Waals surface area (Å²) in [6.45, 7) is -0.590. The molecule has 1 aliphatic heterocycles. The molecule has 0 amide bonds. The van der Waals surface area contributed by atoms with Crippen LogP contribution in [0.3, 0.4) is 0 Å². The first-order valence-electron chi connectivity index (χ1n) is 4.94. The van der Waals surface area contributed by atoms with Crippen molar-refractivity contribution in [1.29, 1.82) is 0 Å². The minimum absolute atomic E-state index is 0.439. The van der Waals surface area contributed by atoms with Crippen LogP contribution in [0.1, 0.15) is 12.8 Å². The molecule has 1 N–H and O–H groups in total. The van der Waals surface area contributed by atoms with E-state index in [1.54, 1.807) is 0 Å². The van der Waals surface area contributed by atoms with Crippen molar-refractivity contribution < 1.29 is 31.3 Å². The van der Waals surface area contributed by atoms with E-state index in [0.717, 1.165) is 0 Å². The molecule has 0 bridgehead atoms. The maximum atomic E-state index is 12.7. The third kappa shape index (κ3) is 3.86. The summed E-state index contributed by atoms with van der Waals surface area (Å²) in [5.74, 6) is -1.42. The predicted molar refractivity (Wildman–Crippen MR) is 51.2 cm³/mol. The molecule has 0 atom stereocenters. The van der Waals surface area contributed by atoms with E-state index in [4.69, 9.17) is 0 Å². The fourth-order valence-electron chi connectivity index (χ4n) is 1.40. The number of hydrogen-bond donors (Lipinski definition) is 1. The summed E-state index contributed by atoms with van der Waals surface area (Å²) in [7, 11) is -5.80. The molecule has 0 aromatic carbocycles. The zero-order valence-electron chi connectivity index (χ0n) is 8.82. The lowest BCUT2D eigenvalue weighted by Crippen LogP contribution is -2.38. The van der Waals surface area contributed by atoms with E-state index in [0.29, 0.717) is 25.9 Å². The topological polar surface area (TPSA) is 95.5 Å². The third-order valence-corrected chi connectivity index (χ3v) is 3.27. The molecule has 1 aliphatic rings. The van der Waals surface area contributed by atoms with Crippen molar-refractivity contribution in [3.05, 3.63) is 0 Å². The van der Waals surface area contributed by atoms with Gasteiger partial charge < -0.3 is 14.6 Å². The number of halogens is 2. The highest BCUT2D eigenvalue weighted by Crippen LogP contribution is 2.22. The van der Waals surface area contributed by atoms with Gasteiger partial charge in [-0.2, -0.15) is 8.78 Å². The Morgan fingerprint density at radius 2 is 1.94 bits per heavy atom. The van der Waals surface area contributed by atoms with Gasteiger partial charge in [0.05, 0.1) is 5.92 Å². The first-order chi connectivity index (χ1) is 7.74. The Hall–Kier alpha value is -0.800. The molecule has 6 nitrogen and oxygen atoms in total. The van der Waals surface area contributed by atoms with Gasteiger partial charge >= 0.3 is 11.2 Å². The van der Waals surface area contributed by atoms with Crippen LogP contribution >= 0.6 is 0 Å². The number of alkyl halides is 2. The molecule has 0 radical (unpaired) electrons. The number of ether oxygens (including phenoxy) is 1. The fourth-order valence-corrected chi connectivity index (χ4v) is 1.61. The number of carbonyl (C=O) groups excluding carboxylic acids is 1. The Kier molecular flexibility index (Phi) is 4.39. The van der Waals surface area contributed by atoms with Crippen molar-refractivity contribution in [3.8, 4) is 0 Å². The monoisotopic (exact) mass is 272 g/mol. The van der Waals surface area contributed by atoms with E-state index < -0.39 is 33.9 Å². The molecule has 0 spiro atoms. The second-order valence-corrected chi connectivity index (χ2v) is 5.23. The van der Waals surface area contributed by atoms with Gasteiger partial charge in [-0.3, -0.25) is 4.79 Å². The molecular weight excluding hydrogens is 260 g/mol. The van der Waals surface area contributed by atoms with Crippen LogP contribution in [-0.2, 0) is 19.6 Å². The summed E-state index contributed by atoms with van der Waals surface area (Å²) in [6, 6.07) is 0. The first-order valence-corrected chi connectivity index (χ1v) is 6.35. The van der Waals surface area contributed by atoms with Crippen LogP contribution in [0.2, 0.25) is 0 Å². The highest BCUT2D eigenvalue weighted by Gasteiger charge is 2.40. The van der Waals surface area contributed by atoms with Crippen LogP contribution in [0.15, 0.2) is 0 Å². The van der Waals surface area contributed by atoms with Crippen LogP contribution in [0.4, 0.5) is 8.78 Å². The SMILES string of the molecule is O=C(OCC(F)(F)S(=O)(=O)[O-])C1CCNCC1. The maximum Gasteiger partial charge on any atom is 0.367 e.